The first-order valence-corrected chi connectivity index (χ1v) is 9.99. The van der Waals surface area contributed by atoms with Crippen molar-refractivity contribution >= 4 is 16.9 Å². The minimum atomic E-state index is -0.285. The molecule has 7 heteroatoms. The molecule has 0 aliphatic carbocycles. The van der Waals surface area contributed by atoms with Gasteiger partial charge in [-0.1, -0.05) is 11.6 Å². The summed E-state index contributed by atoms with van der Waals surface area (Å²) in [6.07, 6.45) is 6.39. The van der Waals surface area contributed by atoms with Crippen molar-refractivity contribution in [2.45, 2.75) is 51.6 Å². The molecule has 1 aliphatic rings. The number of anilines is 1. The molecule has 0 unspecified atom stereocenters. The van der Waals surface area contributed by atoms with E-state index in [9.17, 15) is 4.39 Å². The van der Waals surface area contributed by atoms with Crippen LogP contribution in [0.5, 0.6) is 0 Å². The van der Waals surface area contributed by atoms with Crippen LogP contribution in [0.3, 0.4) is 0 Å². The van der Waals surface area contributed by atoms with Crippen LogP contribution in [0.1, 0.15) is 39.5 Å². The van der Waals surface area contributed by atoms with Crippen molar-refractivity contribution in [3.8, 4) is 11.3 Å². The van der Waals surface area contributed by atoms with Gasteiger partial charge in [-0.05, 0) is 57.4 Å². The third-order valence-corrected chi connectivity index (χ3v) is 5.65. The van der Waals surface area contributed by atoms with E-state index in [-0.39, 0.29) is 5.82 Å². The Morgan fingerprint density at radius 3 is 2.64 bits per heavy atom. The Hall–Kier alpha value is -2.54. The van der Waals surface area contributed by atoms with Crippen LogP contribution in [0.4, 0.5) is 10.2 Å². The van der Waals surface area contributed by atoms with Crippen molar-refractivity contribution in [2.75, 3.05) is 18.4 Å². The van der Waals surface area contributed by atoms with Gasteiger partial charge in [-0.25, -0.2) is 9.37 Å². The van der Waals surface area contributed by atoms with Crippen LogP contribution >= 0.6 is 0 Å². The van der Waals surface area contributed by atoms with E-state index in [1.807, 2.05) is 0 Å². The molecule has 3 aromatic rings. The minimum absolute atomic E-state index is 0.285. The maximum atomic E-state index is 13.3. The van der Waals surface area contributed by atoms with Gasteiger partial charge in [0.05, 0.1) is 0 Å². The third-order valence-electron chi connectivity index (χ3n) is 5.65. The average Bonchev–Trinajstić information content (AvgIpc) is 3.12. The quantitative estimate of drug-likeness (QED) is 0.633. The number of hydrogen-bond acceptors (Lipinski definition) is 6. The number of rotatable bonds is 6. The maximum Gasteiger partial charge on any atom is 0.263 e. The van der Waals surface area contributed by atoms with Gasteiger partial charge in [0, 0.05) is 30.7 Å². The molecule has 0 radical (unpaired) electrons. The summed E-state index contributed by atoms with van der Waals surface area (Å²) in [5.41, 5.74) is 1.82. The number of likely N-dealkylation sites (tertiary alicyclic amines) is 1. The van der Waals surface area contributed by atoms with Gasteiger partial charge in [-0.2, -0.15) is 4.98 Å². The summed E-state index contributed by atoms with van der Waals surface area (Å²) in [5, 5.41) is 8.27. The summed E-state index contributed by atoms with van der Waals surface area (Å²) in [6.45, 7) is 6.51. The second kappa shape index (κ2) is 8.22. The third kappa shape index (κ3) is 3.85. The van der Waals surface area contributed by atoms with Gasteiger partial charge in [-0.3, -0.25) is 4.90 Å². The van der Waals surface area contributed by atoms with Crippen LogP contribution in [-0.4, -0.2) is 45.2 Å². The SMILES string of the molecule is C[C@H]1CCC[C@H](C)N1CCCNc1ncnc2onc(-c3ccc(F)cc3)c12. The highest BCUT2D eigenvalue weighted by atomic mass is 19.1. The molecule has 0 saturated carbocycles. The number of benzene rings is 1. The van der Waals surface area contributed by atoms with E-state index in [1.54, 1.807) is 12.1 Å². The van der Waals surface area contributed by atoms with Gasteiger partial charge < -0.3 is 9.84 Å². The first kappa shape index (κ1) is 18.8. The number of halogens is 1. The molecule has 0 amide bonds. The summed E-state index contributed by atoms with van der Waals surface area (Å²) in [4.78, 5) is 11.2. The molecule has 28 heavy (non-hydrogen) atoms. The molecule has 3 heterocycles. The molecule has 1 N–H and O–H groups in total. The Kier molecular flexibility index (Phi) is 5.52. The number of hydrogen-bond donors (Lipinski definition) is 1. The lowest BCUT2D eigenvalue weighted by atomic mass is 9.97. The van der Waals surface area contributed by atoms with E-state index in [4.69, 9.17) is 4.52 Å². The van der Waals surface area contributed by atoms with Crippen LogP contribution in [0.15, 0.2) is 35.1 Å². The van der Waals surface area contributed by atoms with Crippen LogP contribution < -0.4 is 5.32 Å². The fourth-order valence-electron chi connectivity index (χ4n) is 4.11. The number of fused-ring (bicyclic) bond motifs is 1. The highest BCUT2D eigenvalue weighted by molar-refractivity contribution is 5.97. The lowest BCUT2D eigenvalue weighted by molar-refractivity contribution is 0.103. The Bertz CT molecular complexity index is 916. The normalized spacial score (nSPS) is 20.5. The second-order valence-electron chi connectivity index (χ2n) is 7.59. The van der Waals surface area contributed by atoms with Crippen molar-refractivity contribution in [3.63, 3.8) is 0 Å². The zero-order valence-electron chi connectivity index (χ0n) is 16.4. The highest BCUT2D eigenvalue weighted by Gasteiger charge is 2.24. The van der Waals surface area contributed by atoms with Gasteiger partial charge in [0.1, 0.15) is 29.0 Å². The molecule has 2 aromatic heterocycles. The first-order valence-electron chi connectivity index (χ1n) is 9.99. The van der Waals surface area contributed by atoms with Gasteiger partial charge in [0.2, 0.25) is 0 Å². The number of piperidine rings is 1. The van der Waals surface area contributed by atoms with Crippen LogP contribution in [-0.2, 0) is 0 Å². The lowest BCUT2D eigenvalue weighted by Gasteiger charge is -2.39. The molecule has 1 fully saturated rings. The monoisotopic (exact) mass is 383 g/mol. The summed E-state index contributed by atoms with van der Waals surface area (Å²) < 4.78 is 18.6. The molecular formula is C21H26FN5O. The zero-order valence-corrected chi connectivity index (χ0v) is 16.4. The van der Waals surface area contributed by atoms with Gasteiger partial charge in [0.15, 0.2) is 0 Å². The van der Waals surface area contributed by atoms with Gasteiger partial charge in [-0.15, -0.1) is 0 Å². The summed E-state index contributed by atoms with van der Waals surface area (Å²) in [5.74, 6) is 0.414. The number of nitrogens with zero attached hydrogens (tertiary/aromatic N) is 4. The first-order chi connectivity index (χ1) is 13.6. The van der Waals surface area contributed by atoms with E-state index in [0.717, 1.165) is 30.5 Å². The Morgan fingerprint density at radius 1 is 1.14 bits per heavy atom. The smallest absolute Gasteiger partial charge is 0.263 e. The summed E-state index contributed by atoms with van der Waals surface area (Å²) >= 11 is 0. The predicted molar refractivity (Wildman–Crippen MR) is 108 cm³/mol. The van der Waals surface area contributed by atoms with Crippen molar-refractivity contribution in [3.05, 3.63) is 36.4 Å². The molecule has 148 valence electrons. The van der Waals surface area contributed by atoms with Gasteiger partial charge in [0.25, 0.3) is 5.71 Å². The highest BCUT2D eigenvalue weighted by Crippen LogP contribution is 2.31. The van der Waals surface area contributed by atoms with E-state index < -0.39 is 0 Å². The Balaban J connectivity index is 1.47. The topological polar surface area (TPSA) is 67.1 Å². The van der Waals surface area contributed by atoms with E-state index >= 15 is 0 Å². The molecule has 2 atom stereocenters. The summed E-state index contributed by atoms with van der Waals surface area (Å²) in [6, 6.07) is 7.49. The van der Waals surface area contributed by atoms with Crippen molar-refractivity contribution in [1.82, 2.24) is 20.0 Å². The second-order valence-corrected chi connectivity index (χ2v) is 7.59. The van der Waals surface area contributed by atoms with Crippen molar-refractivity contribution in [1.29, 1.82) is 0 Å². The van der Waals surface area contributed by atoms with Crippen LogP contribution in [0.2, 0.25) is 0 Å². The Morgan fingerprint density at radius 2 is 1.89 bits per heavy atom. The van der Waals surface area contributed by atoms with Crippen molar-refractivity contribution < 1.29 is 8.91 Å². The van der Waals surface area contributed by atoms with E-state index in [2.05, 4.69) is 39.2 Å². The van der Waals surface area contributed by atoms with Crippen LogP contribution in [0.25, 0.3) is 22.4 Å². The van der Waals surface area contributed by atoms with Gasteiger partial charge >= 0.3 is 0 Å². The Labute approximate surface area is 164 Å². The number of nitrogens with one attached hydrogen (secondary N) is 1. The molecule has 1 saturated heterocycles. The molecule has 0 spiro atoms. The van der Waals surface area contributed by atoms with E-state index in [0.29, 0.717) is 29.3 Å². The zero-order chi connectivity index (χ0) is 19.5. The van der Waals surface area contributed by atoms with E-state index in [1.165, 1.54) is 37.7 Å². The average molecular weight is 383 g/mol. The molecule has 1 aromatic carbocycles. The van der Waals surface area contributed by atoms with Crippen molar-refractivity contribution in [2.24, 2.45) is 0 Å². The molecule has 1 aliphatic heterocycles. The fourth-order valence-corrected chi connectivity index (χ4v) is 4.11. The predicted octanol–water partition coefficient (Wildman–Crippen LogP) is 4.49. The lowest BCUT2D eigenvalue weighted by Crippen LogP contribution is -2.44. The standard InChI is InChI=1S/C21H26FN5O/c1-14-5-3-6-15(2)27(14)12-4-11-23-20-18-19(16-7-9-17(22)10-8-16)26-28-21(18)25-13-24-20/h7-10,13-15H,3-6,11-12H2,1-2H3,(H,23,24,25)/t14-,15-/m0/s1. The molecular weight excluding hydrogens is 357 g/mol. The maximum absolute atomic E-state index is 13.3. The fraction of sp³-hybridized carbons (Fsp3) is 0.476. The molecule has 6 nitrogen and oxygen atoms in total. The number of aromatic nitrogens is 3. The largest absolute Gasteiger partial charge is 0.369 e. The van der Waals surface area contributed by atoms with Crippen LogP contribution in [0, 0.1) is 5.82 Å². The minimum Gasteiger partial charge on any atom is -0.369 e. The molecule has 0 bridgehead atoms. The molecule has 4 rings (SSSR count). The summed E-state index contributed by atoms with van der Waals surface area (Å²) in [7, 11) is 0.